The number of ether oxygens (including phenoxy) is 1. The van der Waals surface area contributed by atoms with Crippen LogP contribution in [0.25, 0.3) is 0 Å². The molecule has 2 nitrogen and oxygen atoms in total. The molecular formula is C9H10FNO. The molecule has 0 amide bonds. The average Bonchev–Trinajstić information content (AvgIpc) is 2.49. The predicted octanol–water partition coefficient (Wildman–Crippen LogP) is 1.48. The summed E-state index contributed by atoms with van der Waals surface area (Å²) in [5.74, 6) is 0.471. The van der Waals surface area contributed by atoms with E-state index in [0.717, 1.165) is 0 Å². The summed E-state index contributed by atoms with van der Waals surface area (Å²) < 4.78 is 18.5. The summed E-state index contributed by atoms with van der Waals surface area (Å²) in [6, 6.07) is 4.90. The third kappa shape index (κ3) is 0.975. The molecule has 3 heteroatoms. The minimum atomic E-state index is -0.190. The van der Waals surface area contributed by atoms with Gasteiger partial charge in [0.15, 0.2) is 0 Å². The van der Waals surface area contributed by atoms with Gasteiger partial charge in [-0.2, -0.15) is 0 Å². The van der Waals surface area contributed by atoms with Gasteiger partial charge in [0.05, 0.1) is 11.6 Å². The van der Waals surface area contributed by atoms with Crippen molar-refractivity contribution in [1.29, 1.82) is 0 Å². The lowest BCUT2D eigenvalue weighted by Crippen LogP contribution is -2.18. The van der Waals surface area contributed by atoms with Crippen LogP contribution in [0.5, 0.6) is 5.75 Å². The average molecular weight is 167 g/mol. The van der Waals surface area contributed by atoms with Gasteiger partial charge in [0.1, 0.15) is 18.2 Å². The number of nitrogens with one attached hydrogen (secondary N) is 1. The fraction of sp³-hybridized carbons (Fsp3) is 0.333. The largest absolute Gasteiger partial charge is 0.491 e. The lowest BCUT2D eigenvalue weighted by atomic mass is 10.1. The van der Waals surface area contributed by atoms with E-state index >= 15 is 0 Å². The van der Waals surface area contributed by atoms with Gasteiger partial charge in [-0.25, -0.2) is 4.39 Å². The summed E-state index contributed by atoms with van der Waals surface area (Å²) in [6.07, 6.45) is 0. The zero-order valence-corrected chi connectivity index (χ0v) is 6.80. The summed E-state index contributed by atoms with van der Waals surface area (Å²) in [5, 5.41) is 3.00. The minimum absolute atomic E-state index is 0.00111. The second-order valence-corrected chi connectivity index (χ2v) is 2.80. The molecule has 12 heavy (non-hydrogen) atoms. The van der Waals surface area contributed by atoms with E-state index in [2.05, 4.69) is 5.32 Å². The monoisotopic (exact) mass is 167 g/mol. The zero-order valence-electron chi connectivity index (χ0n) is 6.80. The SMILES string of the molecule is CNC1COc2cccc(F)c21. The first-order valence-corrected chi connectivity index (χ1v) is 3.91. The first-order valence-electron chi connectivity index (χ1n) is 3.91. The molecular weight excluding hydrogens is 157 g/mol. The zero-order chi connectivity index (χ0) is 8.55. The molecule has 1 heterocycles. The predicted molar refractivity (Wildman–Crippen MR) is 43.7 cm³/mol. The van der Waals surface area contributed by atoms with Gasteiger partial charge >= 0.3 is 0 Å². The molecule has 1 N–H and O–H groups in total. The van der Waals surface area contributed by atoms with E-state index < -0.39 is 0 Å². The Morgan fingerprint density at radius 1 is 1.58 bits per heavy atom. The van der Waals surface area contributed by atoms with E-state index in [1.165, 1.54) is 6.07 Å². The van der Waals surface area contributed by atoms with Crippen molar-refractivity contribution in [2.75, 3.05) is 13.7 Å². The Morgan fingerprint density at radius 2 is 2.42 bits per heavy atom. The maximum atomic E-state index is 13.2. The van der Waals surface area contributed by atoms with Gasteiger partial charge in [-0.1, -0.05) is 6.07 Å². The second-order valence-electron chi connectivity index (χ2n) is 2.80. The van der Waals surface area contributed by atoms with E-state index in [1.54, 1.807) is 19.2 Å². The van der Waals surface area contributed by atoms with Crippen LogP contribution in [0.15, 0.2) is 18.2 Å². The molecule has 0 bridgehead atoms. The summed E-state index contributed by atoms with van der Waals surface area (Å²) >= 11 is 0. The van der Waals surface area contributed by atoms with E-state index in [1.807, 2.05) is 0 Å². The molecule has 0 spiro atoms. The van der Waals surface area contributed by atoms with E-state index in [-0.39, 0.29) is 11.9 Å². The van der Waals surface area contributed by atoms with E-state index in [4.69, 9.17) is 4.74 Å². The first kappa shape index (κ1) is 7.55. The molecule has 2 rings (SSSR count). The first-order chi connectivity index (χ1) is 5.83. The molecule has 0 fully saturated rings. The Hall–Kier alpha value is -1.09. The van der Waals surface area contributed by atoms with Gasteiger partial charge in [-0.3, -0.25) is 0 Å². The molecule has 1 aromatic rings. The highest BCUT2D eigenvalue weighted by molar-refractivity contribution is 5.40. The van der Waals surface area contributed by atoms with Crippen LogP contribution in [-0.4, -0.2) is 13.7 Å². The van der Waals surface area contributed by atoms with Crippen LogP contribution < -0.4 is 10.1 Å². The molecule has 0 radical (unpaired) electrons. The Balaban J connectivity index is 2.48. The van der Waals surface area contributed by atoms with Crippen LogP contribution in [-0.2, 0) is 0 Å². The minimum Gasteiger partial charge on any atom is -0.491 e. The normalized spacial score (nSPS) is 20.3. The highest BCUT2D eigenvalue weighted by Gasteiger charge is 2.25. The highest BCUT2D eigenvalue weighted by atomic mass is 19.1. The van der Waals surface area contributed by atoms with Gasteiger partial charge < -0.3 is 10.1 Å². The number of likely N-dealkylation sites (N-methyl/N-ethyl adjacent to an activating group) is 1. The van der Waals surface area contributed by atoms with Gasteiger partial charge in [-0.05, 0) is 19.2 Å². The molecule has 64 valence electrons. The van der Waals surface area contributed by atoms with E-state index in [9.17, 15) is 4.39 Å². The third-order valence-corrected chi connectivity index (χ3v) is 2.12. The Labute approximate surface area is 70.3 Å². The van der Waals surface area contributed by atoms with Crippen molar-refractivity contribution < 1.29 is 9.13 Å². The van der Waals surface area contributed by atoms with Crippen LogP contribution in [0.4, 0.5) is 4.39 Å². The number of rotatable bonds is 1. The Kier molecular flexibility index (Phi) is 1.73. The van der Waals surface area contributed by atoms with Crippen molar-refractivity contribution in [3.63, 3.8) is 0 Å². The third-order valence-electron chi connectivity index (χ3n) is 2.12. The van der Waals surface area contributed by atoms with Gasteiger partial charge in [0.25, 0.3) is 0 Å². The maximum absolute atomic E-state index is 13.2. The van der Waals surface area contributed by atoms with Crippen molar-refractivity contribution in [3.05, 3.63) is 29.6 Å². The Morgan fingerprint density at radius 3 is 3.17 bits per heavy atom. The van der Waals surface area contributed by atoms with Crippen molar-refractivity contribution in [2.24, 2.45) is 0 Å². The molecule has 1 atom stereocenters. The number of halogens is 1. The van der Waals surface area contributed by atoms with Crippen molar-refractivity contribution in [3.8, 4) is 5.75 Å². The molecule has 1 unspecified atom stereocenters. The summed E-state index contributed by atoms with van der Waals surface area (Å²) in [4.78, 5) is 0. The summed E-state index contributed by atoms with van der Waals surface area (Å²) in [7, 11) is 1.80. The summed E-state index contributed by atoms with van der Waals surface area (Å²) in [6.45, 7) is 0.521. The maximum Gasteiger partial charge on any atom is 0.131 e. The van der Waals surface area contributed by atoms with Crippen LogP contribution in [0.3, 0.4) is 0 Å². The smallest absolute Gasteiger partial charge is 0.131 e. The standard InChI is InChI=1S/C9H10FNO/c1-11-7-5-12-8-4-2-3-6(10)9(7)8/h2-4,7,11H,5H2,1H3. The fourth-order valence-electron chi connectivity index (χ4n) is 1.47. The van der Waals surface area contributed by atoms with Crippen molar-refractivity contribution >= 4 is 0 Å². The molecule has 0 aromatic heterocycles. The molecule has 0 aliphatic carbocycles. The van der Waals surface area contributed by atoms with Crippen LogP contribution in [0, 0.1) is 5.82 Å². The van der Waals surface area contributed by atoms with Crippen molar-refractivity contribution in [2.45, 2.75) is 6.04 Å². The lowest BCUT2D eigenvalue weighted by Gasteiger charge is -2.06. The fourth-order valence-corrected chi connectivity index (χ4v) is 1.47. The lowest BCUT2D eigenvalue weighted by molar-refractivity contribution is 0.318. The van der Waals surface area contributed by atoms with Crippen LogP contribution in [0.2, 0.25) is 0 Å². The Bertz CT molecular complexity index is 301. The molecule has 0 saturated heterocycles. The molecule has 1 aliphatic rings. The number of hydrogen-bond acceptors (Lipinski definition) is 2. The topological polar surface area (TPSA) is 21.3 Å². The van der Waals surface area contributed by atoms with Gasteiger partial charge in [-0.15, -0.1) is 0 Å². The van der Waals surface area contributed by atoms with Gasteiger partial charge in [0, 0.05) is 0 Å². The van der Waals surface area contributed by atoms with Crippen molar-refractivity contribution in [1.82, 2.24) is 5.32 Å². The molecule has 1 aliphatic heterocycles. The number of hydrogen-bond donors (Lipinski definition) is 1. The number of benzene rings is 1. The second kappa shape index (κ2) is 2.75. The molecule has 0 saturated carbocycles. The van der Waals surface area contributed by atoms with Gasteiger partial charge in [0.2, 0.25) is 0 Å². The van der Waals surface area contributed by atoms with E-state index in [0.29, 0.717) is 17.9 Å². The summed E-state index contributed by atoms with van der Waals surface area (Å²) in [5.41, 5.74) is 0.653. The van der Waals surface area contributed by atoms with Crippen LogP contribution in [0.1, 0.15) is 11.6 Å². The molecule has 1 aromatic carbocycles. The quantitative estimate of drug-likeness (QED) is 0.684. The highest BCUT2D eigenvalue weighted by Crippen LogP contribution is 2.33. The van der Waals surface area contributed by atoms with Crippen LogP contribution >= 0.6 is 0 Å². The number of fused-ring (bicyclic) bond motifs is 1.